The van der Waals surface area contributed by atoms with Crippen LogP contribution in [-0.4, -0.2) is 25.6 Å². The lowest BCUT2D eigenvalue weighted by molar-refractivity contribution is -0.122. The molecule has 104 valence electrons. The predicted molar refractivity (Wildman–Crippen MR) is 77.1 cm³/mol. The zero-order valence-electron chi connectivity index (χ0n) is 11.4. The van der Waals surface area contributed by atoms with E-state index in [9.17, 15) is 4.79 Å². The molecule has 0 saturated heterocycles. The molecule has 1 amide bonds. The molecule has 0 heterocycles. The summed E-state index contributed by atoms with van der Waals surface area (Å²) < 4.78 is 5.38. The quantitative estimate of drug-likeness (QED) is 0.527. The summed E-state index contributed by atoms with van der Waals surface area (Å²) in [6.45, 7) is 8.03. The Hall–Kier alpha value is -1.81. The average Bonchev–Trinajstić information content (AvgIpc) is 2.44. The maximum atomic E-state index is 11.3. The molecule has 1 aromatic carbocycles. The lowest BCUT2D eigenvalue weighted by atomic mass is 10.2. The smallest absolute Gasteiger partial charge is 0.258 e. The Labute approximate surface area is 114 Å². The van der Waals surface area contributed by atoms with E-state index in [1.807, 2.05) is 24.3 Å². The van der Waals surface area contributed by atoms with Crippen molar-refractivity contribution in [3.63, 3.8) is 0 Å². The van der Waals surface area contributed by atoms with Gasteiger partial charge >= 0.3 is 0 Å². The van der Waals surface area contributed by atoms with Gasteiger partial charge in [0.2, 0.25) is 0 Å². The molecule has 1 aromatic rings. The summed E-state index contributed by atoms with van der Waals surface area (Å²) in [5.41, 5.74) is 1.21. The largest absolute Gasteiger partial charge is 0.484 e. The lowest BCUT2D eigenvalue weighted by Gasteiger charge is -2.07. The first-order valence-corrected chi connectivity index (χ1v) is 6.56. The molecule has 0 saturated carbocycles. The Balaban J connectivity index is 2.31. The van der Waals surface area contributed by atoms with E-state index < -0.39 is 0 Å². The summed E-state index contributed by atoms with van der Waals surface area (Å²) in [6.07, 6.45) is 2.76. The van der Waals surface area contributed by atoms with Gasteiger partial charge in [0.15, 0.2) is 6.61 Å². The second kappa shape index (κ2) is 9.16. The Bertz CT molecular complexity index is 388. The van der Waals surface area contributed by atoms with Gasteiger partial charge in [-0.2, -0.15) is 0 Å². The number of hydrogen-bond acceptors (Lipinski definition) is 3. The van der Waals surface area contributed by atoms with E-state index >= 15 is 0 Å². The van der Waals surface area contributed by atoms with Gasteiger partial charge in [0.25, 0.3) is 5.91 Å². The Morgan fingerprint density at radius 3 is 2.74 bits per heavy atom. The minimum atomic E-state index is -0.145. The fourth-order valence-corrected chi connectivity index (χ4v) is 1.50. The zero-order valence-corrected chi connectivity index (χ0v) is 11.4. The fourth-order valence-electron chi connectivity index (χ4n) is 1.50. The van der Waals surface area contributed by atoms with Crippen molar-refractivity contribution in [3.05, 3.63) is 42.5 Å². The lowest BCUT2D eigenvalue weighted by Crippen LogP contribution is -2.28. The molecular formula is C15H22N2O2. The Morgan fingerprint density at radius 1 is 1.37 bits per heavy atom. The fraction of sp³-hybridized carbons (Fsp3) is 0.400. The molecule has 19 heavy (non-hydrogen) atoms. The third-order valence-corrected chi connectivity index (χ3v) is 2.49. The van der Waals surface area contributed by atoms with Crippen molar-refractivity contribution >= 4 is 5.91 Å². The first-order valence-electron chi connectivity index (χ1n) is 6.56. The van der Waals surface area contributed by atoms with Crippen molar-refractivity contribution in [2.24, 2.45) is 0 Å². The van der Waals surface area contributed by atoms with Gasteiger partial charge in [0.1, 0.15) is 5.75 Å². The first-order chi connectivity index (χ1) is 9.26. The molecule has 0 radical (unpaired) electrons. The molecule has 0 aliphatic heterocycles. The van der Waals surface area contributed by atoms with Gasteiger partial charge in [-0.3, -0.25) is 4.79 Å². The van der Waals surface area contributed by atoms with Gasteiger partial charge in [0.05, 0.1) is 0 Å². The molecule has 4 nitrogen and oxygen atoms in total. The van der Waals surface area contributed by atoms with Crippen LogP contribution >= 0.6 is 0 Å². The molecule has 1 rings (SSSR count). The number of benzene rings is 1. The number of carbonyl (C=O) groups is 1. The maximum Gasteiger partial charge on any atom is 0.258 e. The minimum absolute atomic E-state index is 0.0290. The van der Waals surface area contributed by atoms with Crippen LogP contribution in [0.25, 0.3) is 0 Å². The highest BCUT2D eigenvalue weighted by molar-refractivity contribution is 5.77. The van der Waals surface area contributed by atoms with Gasteiger partial charge in [0, 0.05) is 13.1 Å². The predicted octanol–water partition coefficient (Wildman–Crippen LogP) is 1.87. The molecule has 0 aliphatic rings. The Kier molecular flexibility index (Phi) is 7.35. The number of carbonyl (C=O) groups excluding carboxylic acids is 1. The van der Waals surface area contributed by atoms with Crippen molar-refractivity contribution < 1.29 is 9.53 Å². The summed E-state index contributed by atoms with van der Waals surface area (Å²) >= 11 is 0. The number of ether oxygens (including phenoxy) is 1. The van der Waals surface area contributed by atoms with Crippen molar-refractivity contribution in [2.75, 3.05) is 19.7 Å². The third kappa shape index (κ3) is 6.62. The minimum Gasteiger partial charge on any atom is -0.484 e. The Morgan fingerprint density at radius 2 is 2.11 bits per heavy atom. The zero-order chi connectivity index (χ0) is 13.9. The number of hydrogen-bond donors (Lipinski definition) is 2. The van der Waals surface area contributed by atoms with Crippen LogP contribution in [0.3, 0.4) is 0 Å². The van der Waals surface area contributed by atoms with E-state index in [0.717, 1.165) is 19.5 Å². The van der Waals surface area contributed by atoms with E-state index in [4.69, 9.17) is 4.74 Å². The topological polar surface area (TPSA) is 50.4 Å². The standard InChI is InChI=1S/C15H22N2O2/c1-3-9-16-11-13-5-7-14(8-6-13)19-12-15(18)17-10-4-2/h4-8,16H,2-3,9-12H2,1H3,(H,17,18). The van der Waals surface area contributed by atoms with Crippen molar-refractivity contribution in [3.8, 4) is 5.75 Å². The molecule has 0 spiro atoms. The molecule has 0 atom stereocenters. The monoisotopic (exact) mass is 262 g/mol. The summed E-state index contributed by atoms with van der Waals surface area (Å²) in [5.74, 6) is 0.557. The van der Waals surface area contributed by atoms with Crippen LogP contribution < -0.4 is 15.4 Å². The van der Waals surface area contributed by atoms with E-state index in [1.165, 1.54) is 5.56 Å². The summed E-state index contributed by atoms with van der Waals surface area (Å²) in [6, 6.07) is 7.76. The molecule has 0 bridgehead atoms. The van der Waals surface area contributed by atoms with E-state index in [1.54, 1.807) is 6.08 Å². The number of nitrogens with one attached hydrogen (secondary N) is 2. The molecule has 0 unspecified atom stereocenters. The van der Waals surface area contributed by atoms with Gasteiger partial charge in [-0.15, -0.1) is 6.58 Å². The van der Waals surface area contributed by atoms with Gasteiger partial charge in [-0.1, -0.05) is 25.1 Å². The van der Waals surface area contributed by atoms with Crippen LogP contribution in [0, 0.1) is 0 Å². The SMILES string of the molecule is C=CCNC(=O)COc1ccc(CNCCC)cc1. The van der Waals surface area contributed by atoms with Crippen molar-refractivity contribution in [1.82, 2.24) is 10.6 Å². The second-order valence-corrected chi connectivity index (χ2v) is 4.20. The van der Waals surface area contributed by atoms with Crippen LogP contribution in [0.5, 0.6) is 5.75 Å². The van der Waals surface area contributed by atoms with Crippen LogP contribution in [0.4, 0.5) is 0 Å². The van der Waals surface area contributed by atoms with Gasteiger partial charge < -0.3 is 15.4 Å². The van der Waals surface area contributed by atoms with Crippen molar-refractivity contribution in [2.45, 2.75) is 19.9 Å². The van der Waals surface area contributed by atoms with Gasteiger partial charge in [-0.25, -0.2) is 0 Å². The highest BCUT2D eigenvalue weighted by Crippen LogP contribution is 2.11. The van der Waals surface area contributed by atoms with Crippen LogP contribution in [0.2, 0.25) is 0 Å². The summed E-state index contributed by atoms with van der Waals surface area (Å²) in [5, 5.41) is 5.99. The first kappa shape index (κ1) is 15.2. The highest BCUT2D eigenvalue weighted by Gasteiger charge is 2.01. The van der Waals surface area contributed by atoms with Crippen LogP contribution in [-0.2, 0) is 11.3 Å². The normalized spacial score (nSPS) is 9.95. The molecule has 4 heteroatoms. The third-order valence-electron chi connectivity index (χ3n) is 2.49. The second-order valence-electron chi connectivity index (χ2n) is 4.20. The summed E-state index contributed by atoms with van der Waals surface area (Å²) in [4.78, 5) is 11.3. The molecule has 0 aliphatic carbocycles. The van der Waals surface area contributed by atoms with Crippen LogP contribution in [0.15, 0.2) is 36.9 Å². The number of amides is 1. The number of rotatable bonds is 9. The average molecular weight is 262 g/mol. The summed E-state index contributed by atoms with van der Waals surface area (Å²) in [7, 11) is 0. The van der Waals surface area contributed by atoms with E-state index in [-0.39, 0.29) is 12.5 Å². The molecule has 0 aromatic heterocycles. The van der Waals surface area contributed by atoms with Gasteiger partial charge in [-0.05, 0) is 30.7 Å². The maximum absolute atomic E-state index is 11.3. The van der Waals surface area contributed by atoms with E-state index in [0.29, 0.717) is 12.3 Å². The molecule has 0 fully saturated rings. The van der Waals surface area contributed by atoms with E-state index in [2.05, 4.69) is 24.1 Å². The van der Waals surface area contributed by atoms with Crippen LogP contribution in [0.1, 0.15) is 18.9 Å². The molecular weight excluding hydrogens is 240 g/mol. The van der Waals surface area contributed by atoms with Crippen molar-refractivity contribution in [1.29, 1.82) is 0 Å². The highest BCUT2D eigenvalue weighted by atomic mass is 16.5. The molecule has 2 N–H and O–H groups in total.